The van der Waals surface area contributed by atoms with Gasteiger partial charge in [-0.25, -0.2) is 4.39 Å². The van der Waals surface area contributed by atoms with Crippen LogP contribution in [0.3, 0.4) is 0 Å². The molecule has 1 aliphatic rings. The van der Waals surface area contributed by atoms with Crippen molar-refractivity contribution in [3.05, 3.63) is 59.4 Å². The summed E-state index contributed by atoms with van der Waals surface area (Å²) in [4.78, 5) is 16.9. The zero-order valence-electron chi connectivity index (χ0n) is 19.2. The molecule has 1 fully saturated rings. The fourth-order valence-electron chi connectivity index (χ4n) is 4.35. The fraction of sp³-hybridized carbons (Fsp3) is 0.500. The smallest absolute Gasteiger partial charge is 0.258 e. The van der Waals surface area contributed by atoms with Crippen molar-refractivity contribution in [1.29, 1.82) is 0 Å². The summed E-state index contributed by atoms with van der Waals surface area (Å²) < 4.78 is 20.7. The number of benzene rings is 2. The van der Waals surface area contributed by atoms with Crippen LogP contribution in [0.15, 0.2) is 42.5 Å². The predicted molar refractivity (Wildman–Crippen MR) is 125 cm³/mol. The lowest BCUT2D eigenvalue weighted by Gasteiger charge is -2.23. The van der Waals surface area contributed by atoms with Gasteiger partial charge in [-0.15, -0.1) is 0 Å². The molecule has 0 heterocycles. The maximum atomic E-state index is 15.0. The number of amides is 1. The van der Waals surface area contributed by atoms with Gasteiger partial charge < -0.3 is 14.5 Å². The van der Waals surface area contributed by atoms with E-state index in [9.17, 15) is 4.79 Å². The van der Waals surface area contributed by atoms with Gasteiger partial charge in [0.25, 0.3) is 5.91 Å². The van der Waals surface area contributed by atoms with Crippen molar-refractivity contribution in [3.63, 3.8) is 0 Å². The molecule has 0 saturated heterocycles. The molecule has 0 N–H and O–H groups in total. The third-order valence-electron chi connectivity index (χ3n) is 6.30. The maximum Gasteiger partial charge on any atom is 0.258 e. The molecule has 1 saturated carbocycles. The summed E-state index contributed by atoms with van der Waals surface area (Å²) in [5.74, 6) is 0.652. The SMILES string of the molecule is CCCCOc1ccc(C(=O)N(CC)c2ccc(C3CCC(N(C)C)C3)c(F)c2)cc1. The van der Waals surface area contributed by atoms with Crippen molar-refractivity contribution in [2.45, 2.75) is 57.9 Å². The Bertz CT molecular complexity index is 866. The Morgan fingerprint density at radius 2 is 1.84 bits per heavy atom. The molecule has 2 aromatic carbocycles. The van der Waals surface area contributed by atoms with Crippen molar-refractivity contribution in [1.82, 2.24) is 4.90 Å². The van der Waals surface area contributed by atoms with E-state index in [0.717, 1.165) is 43.4 Å². The zero-order valence-corrected chi connectivity index (χ0v) is 19.2. The standard InChI is InChI=1S/C26H35FN2O2/c1-5-7-16-31-23-13-9-19(10-14-23)26(30)29(6-2)22-12-15-24(25(27)18-22)20-8-11-21(17-20)28(3)4/h9-10,12-15,18,20-21H,5-8,11,16-17H2,1-4H3. The molecule has 2 aromatic rings. The van der Waals surface area contributed by atoms with Gasteiger partial charge in [0.05, 0.1) is 6.61 Å². The second kappa shape index (κ2) is 10.8. The molecule has 0 spiro atoms. The number of unbranched alkanes of at least 4 members (excludes halogenated alkanes) is 1. The molecule has 2 unspecified atom stereocenters. The average molecular weight is 427 g/mol. The number of nitrogens with zero attached hydrogens (tertiary/aromatic N) is 2. The number of hydrogen-bond acceptors (Lipinski definition) is 3. The van der Waals surface area contributed by atoms with Crippen LogP contribution in [0.4, 0.5) is 10.1 Å². The lowest BCUT2D eigenvalue weighted by molar-refractivity contribution is 0.0988. The molecule has 168 valence electrons. The number of rotatable bonds is 9. The lowest BCUT2D eigenvalue weighted by Crippen LogP contribution is -2.30. The highest BCUT2D eigenvalue weighted by atomic mass is 19.1. The first-order chi connectivity index (χ1) is 14.9. The minimum Gasteiger partial charge on any atom is -0.494 e. The Labute approximate surface area is 186 Å². The largest absolute Gasteiger partial charge is 0.494 e. The van der Waals surface area contributed by atoms with Crippen LogP contribution in [0.1, 0.15) is 67.8 Å². The van der Waals surface area contributed by atoms with Gasteiger partial charge in [-0.1, -0.05) is 19.4 Å². The monoisotopic (exact) mass is 426 g/mol. The van der Waals surface area contributed by atoms with E-state index in [4.69, 9.17) is 4.74 Å². The maximum absolute atomic E-state index is 15.0. The Morgan fingerprint density at radius 1 is 1.10 bits per heavy atom. The first-order valence-corrected chi connectivity index (χ1v) is 11.4. The number of carbonyl (C=O) groups excluding carboxylic acids is 1. The van der Waals surface area contributed by atoms with Crippen LogP contribution in [0, 0.1) is 5.82 Å². The van der Waals surface area contributed by atoms with Gasteiger partial charge in [0.15, 0.2) is 0 Å². The summed E-state index contributed by atoms with van der Waals surface area (Å²) in [6.45, 7) is 5.17. The van der Waals surface area contributed by atoms with E-state index in [0.29, 0.717) is 30.4 Å². The molecule has 0 radical (unpaired) electrons. The van der Waals surface area contributed by atoms with Gasteiger partial charge in [-0.2, -0.15) is 0 Å². The highest BCUT2D eigenvalue weighted by Gasteiger charge is 2.29. The number of anilines is 1. The van der Waals surface area contributed by atoms with Crippen LogP contribution in [0.2, 0.25) is 0 Å². The van der Waals surface area contributed by atoms with Crippen molar-refractivity contribution >= 4 is 11.6 Å². The number of halogens is 1. The van der Waals surface area contributed by atoms with Gasteiger partial charge in [0.1, 0.15) is 11.6 Å². The summed E-state index contributed by atoms with van der Waals surface area (Å²) in [6.07, 6.45) is 5.15. The van der Waals surface area contributed by atoms with E-state index in [-0.39, 0.29) is 17.6 Å². The van der Waals surface area contributed by atoms with Crippen LogP contribution in [-0.2, 0) is 0 Å². The predicted octanol–water partition coefficient (Wildman–Crippen LogP) is 5.87. The quantitative estimate of drug-likeness (QED) is 0.470. The van der Waals surface area contributed by atoms with Crippen molar-refractivity contribution in [3.8, 4) is 5.75 Å². The topological polar surface area (TPSA) is 32.8 Å². The molecule has 1 amide bonds. The molecule has 31 heavy (non-hydrogen) atoms. The Balaban J connectivity index is 1.71. The van der Waals surface area contributed by atoms with E-state index in [1.54, 1.807) is 17.0 Å². The molecule has 1 aliphatic carbocycles. The number of ether oxygens (including phenoxy) is 1. The second-order valence-electron chi connectivity index (χ2n) is 8.61. The zero-order chi connectivity index (χ0) is 22.4. The Hall–Kier alpha value is -2.40. The Kier molecular flexibility index (Phi) is 8.08. The molecular formula is C26H35FN2O2. The average Bonchev–Trinajstić information content (AvgIpc) is 3.25. The van der Waals surface area contributed by atoms with Gasteiger partial charge in [0.2, 0.25) is 0 Å². The molecule has 4 nitrogen and oxygen atoms in total. The van der Waals surface area contributed by atoms with E-state index >= 15 is 4.39 Å². The third-order valence-corrected chi connectivity index (χ3v) is 6.30. The highest BCUT2D eigenvalue weighted by molar-refractivity contribution is 6.06. The summed E-state index contributed by atoms with van der Waals surface area (Å²) in [5, 5.41) is 0. The van der Waals surface area contributed by atoms with Crippen LogP contribution >= 0.6 is 0 Å². The lowest BCUT2D eigenvalue weighted by atomic mass is 9.96. The summed E-state index contributed by atoms with van der Waals surface area (Å²) in [5.41, 5.74) is 1.93. The van der Waals surface area contributed by atoms with Crippen molar-refractivity contribution < 1.29 is 13.9 Å². The first-order valence-electron chi connectivity index (χ1n) is 11.4. The fourth-order valence-corrected chi connectivity index (χ4v) is 4.35. The third kappa shape index (κ3) is 5.65. The summed E-state index contributed by atoms with van der Waals surface area (Å²) in [6, 6.07) is 13.0. The van der Waals surface area contributed by atoms with Gasteiger partial charge >= 0.3 is 0 Å². The first kappa shape index (κ1) is 23.3. The highest BCUT2D eigenvalue weighted by Crippen LogP contribution is 2.38. The van der Waals surface area contributed by atoms with E-state index < -0.39 is 0 Å². The van der Waals surface area contributed by atoms with Gasteiger partial charge in [0, 0.05) is 23.8 Å². The number of hydrogen-bond donors (Lipinski definition) is 0. The number of carbonyl (C=O) groups is 1. The van der Waals surface area contributed by atoms with Crippen LogP contribution in [0.25, 0.3) is 0 Å². The van der Waals surface area contributed by atoms with Crippen molar-refractivity contribution in [2.24, 2.45) is 0 Å². The van der Waals surface area contributed by atoms with Crippen LogP contribution in [-0.4, -0.2) is 44.1 Å². The molecule has 3 rings (SSSR count). The molecule has 2 atom stereocenters. The molecule has 0 aromatic heterocycles. The van der Waals surface area contributed by atoms with E-state index in [2.05, 4.69) is 25.9 Å². The summed E-state index contributed by atoms with van der Waals surface area (Å²) >= 11 is 0. The molecule has 5 heteroatoms. The molecule has 0 aliphatic heterocycles. The molecule has 0 bridgehead atoms. The Morgan fingerprint density at radius 3 is 2.42 bits per heavy atom. The van der Waals surface area contributed by atoms with Gasteiger partial charge in [-0.05, 0) is 94.6 Å². The van der Waals surface area contributed by atoms with Crippen LogP contribution < -0.4 is 9.64 Å². The normalized spacial score (nSPS) is 18.4. The second-order valence-corrected chi connectivity index (χ2v) is 8.61. The summed E-state index contributed by atoms with van der Waals surface area (Å²) in [7, 11) is 4.17. The minimum atomic E-state index is -0.215. The van der Waals surface area contributed by atoms with E-state index in [1.165, 1.54) is 6.07 Å². The van der Waals surface area contributed by atoms with Crippen LogP contribution in [0.5, 0.6) is 5.75 Å². The van der Waals surface area contributed by atoms with Gasteiger partial charge in [-0.3, -0.25) is 4.79 Å². The van der Waals surface area contributed by atoms with E-state index in [1.807, 2.05) is 31.2 Å². The van der Waals surface area contributed by atoms with Crippen molar-refractivity contribution in [2.75, 3.05) is 32.1 Å². The molecular weight excluding hydrogens is 391 g/mol. The minimum absolute atomic E-state index is 0.136.